The van der Waals surface area contributed by atoms with Gasteiger partial charge in [-0.1, -0.05) is 44.2 Å². The van der Waals surface area contributed by atoms with Crippen molar-refractivity contribution in [3.63, 3.8) is 0 Å². The lowest BCUT2D eigenvalue weighted by molar-refractivity contribution is -0.0673. The van der Waals surface area contributed by atoms with Gasteiger partial charge in [0.15, 0.2) is 11.9 Å². The van der Waals surface area contributed by atoms with Crippen LogP contribution in [0.4, 0.5) is 0 Å². The Morgan fingerprint density at radius 1 is 1.00 bits per heavy atom. The zero-order chi connectivity index (χ0) is 31.3. The molecule has 2 saturated heterocycles. The van der Waals surface area contributed by atoms with Crippen LogP contribution < -0.4 is 5.73 Å². The second-order valence-electron chi connectivity index (χ2n) is 16.6. The predicted octanol–water partition coefficient (Wildman–Crippen LogP) is 4.63. The molecule has 5 atom stereocenters. The fourth-order valence-electron chi connectivity index (χ4n) is 11.0. The molecule has 8 heteroatoms. The van der Waals surface area contributed by atoms with Crippen LogP contribution in [0.25, 0.3) is 0 Å². The number of hydrogen-bond acceptors (Lipinski definition) is 6. The van der Waals surface area contributed by atoms with Gasteiger partial charge in [0.1, 0.15) is 0 Å². The highest BCUT2D eigenvalue weighted by atomic mass is 16.3. The van der Waals surface area contributed by atoms with Gasteiger partial charge in [0.2, 0.25) is 0 Å². The molecule has 7 aliphatic rings. The van der Waals surface area contributed by atoms with Crippen LogP contribution in [-0.2, 0) is 6.42 Å². The van der Waals surface area contributed by atoms with Crippen LogP contribution in [0.1, 0.15) is 84.1 Å². The molecule has 4 saturated carbocycles. The molecule has 4 bridgehead atoms. The van der Waals surface area contributed by atoms with Crippen LogP contribution in [0.15, 0.2) is 35.3 Å². The lowest BCUT2D eigenvalue weighted by atomic mass is 9.49. The Balaban J connectivity index is 1.10. The number of aliphatic hydroxyl groups excluding tert-OH is 1. The number of nitrogens with zero attached hydrogens (tertiary/aromatic N) is 5. The average Bonchev–Trinajstić information content (AvgIpc) is 3.66. The van der Waals surface area contributed by atoms with Crippen molar-refractivity contribution in [2.75, 3.05) is 39.3 Å². The lowest BCUT2D eigenvalue weighted by Crippen LogP contribution is -2.55. The van der Waals surface area contributed by atoms with Crippen molar-refractivity contribution in [3.8, 4) is 0 Å². The molecular formula is C37H59N7O. The summed E-state index contributed by atoms with van der Waals surface area (Å²) in [6.07, 6.45) is 12.3. The molecule has 1 aromatic carbocycles. The summed E-state index contributed by atoms with van der Waals surface area (Å²) >= 11 is 0. The number of benzene rings is 1. The molecule has 8 rings (SSSR count). The van der Waals surface area contributed by atoms with Crippen molar-refractivity contribution in [1.29, 1.82) is 5.41 Å². The fraction of sp³-hybridized carbons (Fsp3) is 0.784. The largest absolute Gasteiger partial charge is 0.391 e. The van der Waals surface area contributed by atoms with Crippen LogP contribution in [0.3, 0.4) is 0 Å². The maximum Gasteiger partial charge on any atom is 0.194 e. The number of nitrogens with two attached hydrogens (primary N) is 1. The minimum absolute atomic E-state index is 0.0180. The van der Waals surface area contributed by atoms with Crippen molar-refractivity contribution >= 4 is 11.9 Å². The molecule has 3 heterocycles. The molecule has 1 aromatic rings. The van der Waals surface area contributed by atoms with Gasteiger partial charge in [-0.3, -0.25) is 15.3 Å². The van der Waals surface area contributed by atoms with Crippen molar-refractivity contribution < 1.29 is 5.11 Å². The highest BCUT2D eigenvalue weighted by Gasteiger charge is 2.53. The summed E-state index contributed by atoms with van der Waals surface area (Å²) in [6, 6.07) is 11.9. The van der Waals surface area contributed by atoms with E-state index in [9.17, 15) is 10.5 Å². The summed E-state index contributed by atoms with van der Waals surface area (Å²) in [6.45, 7) is 12.0. The van der Waals surface area contributed by atoms with E-state index in [1.165, 1.54) is 56.9 Å². The quantitative estimate of drug-likeness (QED) is 0.317. The maximum absolute atomic E-state index is 11.1. The van der Waals surface area contributed by atoms with E-state index in [0.29, 0.717) is 29.4 Å². The van der Waals surface area contributed by atoms with Crippen LogP contribution >= 0.6 is 0 Å². The van der Waals surface area contributed by atoms with Gasteiger partial charge in [0, 0.05) is 38.3 Å². The van der Waals surface area contributed by atoms with Crippen LogP contribution in [0, 0.1) is 34.5 Å². The Hall–Kier alpha value is -2.32. The molecule has 6 fully saturated rings. The Kier molecular flexibility index (Phi) is 8.83. The van der Waals surface area contributed by atoms with E-state index in [-0.39, 0.29) is 12.1 Å². The molecule has 0 radical (unpaired) electrons. The van der Waals surface area contributed by atoms with Crippen LogP contribution in [0.5, 0.6) is 0 Å². The van der Waals surface area contributed by atoms with Gasteiger partial charge in [-0.2, -0.15) is 0 Å². The molecule has 0 amide bonds. The van der Waals surface area contributed by atoms with Crippen LogP contribution in [-0.4, -0.2) is 106 Å². The highest BCUT2D eigenvalue weighted by molar-refractivity contribution is 5.80. The molecule has 4 N–H and O–H groups in total. The Labute approximate surface area is 271 Å². The highest BCUT2D eigenvalue weighted by Crippen LogP contribution is 2.60. The fourth-order valence-corrected chi connectivity index (χ4v) is 11.0. The molecule has 8 nitrogen and oxygen atoms in total. The van der Waals surface area contributed by atoms with Gasteiger partial charge in [-0.15, -0.1) is 0 Å². The third-order valence-electron chi connectivity index (χ3n) is 12.6. The number of hydrogen-bond donors (Lipinski definition) is 3. The first-order chi connectivity index (χ1) is 21.7. The molecule has 0 spiro atoms. The van der Waals surface area contributed by atoms with E-state index in [1.54, 1.807) is 0 Å². The number of aliphatic imine (C=N–C) groups is 1. The third-order valence-corrected chi connectivity index (χ3v) is 12.6. The maximum atomic E-state index is 11.1. The number of likely N-dealkylation sites (tertiary alicyclic amines) is 1. The Morgan fingerprint density at radius 2 is 1.69 bits per heavy atom. The molecule has 45 heavy (non-hydrogen) atoms. The van der Waals surface area contributed by atoms with E-state index in [1.807, 2.05) is 6.92 Å². The zero-order valence-corrected chi connectivity index (χ0v) is 28.2. The van der Waals surface area contributed by atoms with E-state index in [0.717, 1.165) is 75.8 Å². The van der Waals surface area contributed by atoms with E-state index < -0.39 is 6.10 Å². The first kappa shape index (κ1) is 31.3. The molecule has 3 aliphatic heterocycles. The first-order valence-corrected chi connectivity index (χ1v) is 18.3. The van der Waals surface area contributed by atoms with Crippen molar-refractivity contribution in [1.82, 2.24) is 19.6 Å². The summed E-state index contributed by atoms with van der Waals surface area (Å²) in [5, 5.41) is 20.8. The summed E-state index contributed by atoms with van der Waals surface area (Å²) in [5.74, 6) is 4.67. The number of guanidine groups is 2. The minimum Gasteiger partial charge on any atom is -0.391 e. The zero-order valence-electron chi connectivity index (χ0n) is 28.2. The topological polar surface area (TPSA) is 95.4 Å². The monoisotopic (exact) mass is 617 g/mol. The van der Waals surface area contributed by atoms with Crippen molar-refractivity contribution in [2.45, 2.75) is 115 Å². The molecular weight excluding hydrogens is 558 g/mol. The van der Waals surface area contributed by atoms with Crippen molar-refractivity contribution in [3.05, 3.63) is 35.9 Å². The molecule has 0 unspecified atom stereocenters. The van der Waals surface area contributed by atoms with Gasteiger partial charge < -0.3 is 25.5 Å². The Bertz CT molecular complexity index is 1180. The second kappa shape index (κ2) is 12.7. The van der Waals surface area contributed by atoms with Gasteiger partial charge >= 0.3 is 0 Å². The third kappa shape index (κ3) is 6.47. The predicted molar refractivity (Wildman–Crippen MR) is 182 cm³/mol. The average molecular weight is 618 g/mol. The summed E-state index contributed by atoms with van der Waals surface area (Å²) < 4.78 is 0. The molecule has 0 aromatic heterocycles. The second-order valence-corrected chi connectivity index (χ2v) is 16.6. The lowest BCUT2D eigenvalue weighted by Gasteiger charge is -2.58. The molecule has 248 valence electrons. The minimum atomic E-state index is -0.462. The SMILES string of the molecule is CC(C)C[C@@H]1CN=C(N)N1C[C@@H]1CCCN1C[C@@H](Cc1ccccc1)N1C[C@@H]([C@@H](C)O)N(CC23CC4CC(CC(C4)C2)C3)C1=N. The number of aliphatic hydroxyl groups is 1. The van der Waals surface area contributed by atoms with E-state index in [4.69, 9.17) is 5.73 Å². The first-order valence-electron chi connectivity index (χ1n) is 18.3. The number of rotatable bonds is 12. The summed E-state index contributed by atoms with van der Waals surface area (Å²) in [7, 11) is 0. The van der Waals surface area contributed by atoms with Gasteiger partial charge in [0.25, 0.3) is 0 Å². The van der Waals surface area contributed by atoms with E-state index >= 15 is 0 Å². The van der Waals surface area contributed by atoms with Crippen molar-refractivity contribution in [2.24, 2.45) is 39.8 Å². The molecule has 4 aliphatic carbocycles. The normalized spacial score (nSPS) is 36.1. The Morgan fingerprint density at radius 3 is 2.33 bits per heavy atom. The van der Waals surface area contributed by atoms with Gasteiger partial charge in [-0.05, 0) is 112 Å². The van der Waals surface area contributed by atoms with Crippen LogP contribution in [0.2, 0.25) is 0 Å². The number of nitrogens with one attached hydrogen (secondary N) is 1. The van der Waals surface area contributed by atoms with Gasteiger partial charge in [0.05, 0.1) is 24.7 Å². The summed E-state index contributed by atoms with van der Waals surface area (Å²) in [5.41, 5.74) is 8.13. The van der Waals surface area contributed by atoms with Gasteiger partial charge in [-0.25, -0.2) is 0 Å². The standard InChI is InChI=1S/C37H59N7O/c1-25(2)12-32-20-40-35(38)42(32)22-31-10-7-11-41(31)21-33(16-27-8-5-4-6-9-27)43-23-34(26(3)45)44(36(43)39)24-37-17-28-13-29(18-37)15-30(14-28)19-37/h4-6,8-9,25-26,28-34,39,45H,7,10-24H2,1-3H3,(H2,38,40)/t26-,28?,29?,30?,31+,32-,33-,34+,37?/m1/s1. The van der Waals surface area contributed by atoms with E-state index in [2.05, 4.69) is 68.8 Å². The smallest absolute Gasteiger partial charge is 0.194 e. The summed E-state index contributed by atoms with van der Waals surface area (Å²) in [4.78, 5) is 14.5.